The first-order valence-electron chi connectivity index (χ1n) is 10.7. The predicted molar refractivity (Wildman–Crippen MR) is 128 cm³/mol. The van der Waals surface area contributed by atoms with E-state index >= 15 is 0 Å². The molecule has 0 fully saturated rings. The molecule has 2 heterocycles. The number of hydrogen-bond donors (Lipinski definition) is 3. The number of fused-ring (bicyclic) bond motifs is 1. The Balaban J connectivity index is 1.76. The van der Waals surface area contributed by atoms with Crippen LogP contribution in [0.4, 0.5) is 10.2 Å². The van der Waals surface area contributed by atoms with Crippen LogP contribution in [0.5, 0.6) is 5.75 Å². The number of aromatic amines is 1. The highest BCUT2D eigenvalue weighted by Gasteiger charge is 2.36. The Morgan fingerprint density at radius 3 is 2.59 bits per heavy atom. The van der Waals surface area contributed by atoms with Crippen molar-refractivity contribution in [3.8, 4) is 5.75 Å². The molecular formula is C25H24FN3O4S. The van der Waals surface area contributed by atoms with Crippen molar-refractivity contribution in [2.45, 2.75) is 43.7 Å². The molecule has 176 valence electrons. The lowest BCUT2D eigenvalue weighted by Gasteiger charge is -2.29. The summed E-state index contributed by atoms with van der Waals surface area (Å²) in [5, 5.41) is 13.1. The Bertz CT molecular complexity index is 1320. The van der Waals surface area contributed by atoms with E-state index in [1.54, 1.807) is 51.1 Å². The SMILES string of the molecule is CC1=C(C(=O)OC(C)C)C(c2ccc(O)cc2)c2c(nc(SCc3ccccc3F)[nH]c2=O)N1. The van der Waals surface area contributed by atoms with Gasteiger partial charge >= 0.3 is 5.97 Å². The smallest absolute Gasteiger partial charge is 0.337 e. The van der Waals surface area contributed by atoms with Gasteiger partial charge in [-0.05, 0) is 50.1 Å². The number of allylic oxidation sites excluding steroid dienone is 1. The number of benzene rings is 2. The molecule has 9 heteroatoms. The molecule has 1 aliphatic heterocycles. The van der Waals surface area contributed by atoms with E-state index in [-0.39, 0.29) is 29.0 Å². The number of thioether (sulfide) groups is 1. The number of nitrogens with zero attached hydrogens (tertiary/aromatic N) is 1. The Labute approximate surface area is 200 Å². The second-order valence-electron chi connectivity index (χ2n) is 8.16. The number of carbonyl (C=O) groups is 1. The number of carbonyl (C=O) groups excluding carboxylic acids is 1. The minimum Gasteiger partial charge on any atom is -0.508 e. The molecule has 1 aliphatic rings. The molecule has 0 aliphatic carbocycles. The summed E-state index contributed by atoms with van der Waals surface area (Å²) in [4.78, 5) is 33.6. The van der Waals surface area contributed by atoms with Gasteiger partial charge in [0.05, 0.1) is 23.2 Å². The highest BCUT2D eigenvalue weighted by molar-refractivity contribution is 7.98. The van der Waals surface area contributed by atoms with Crippen LogP contribution in [-0.4, -0.2) is 27.1 Å². The predicted octanol–water partition coefficient (Wildman–Crippen LogP) is 4.69. The molecule has 1 atom stereocenters. The first-order valence-corrected chi connectivity index (χ1v) is 11.7. The normalized spacial score (nSPS) is 15.1. The van der Waals surface area contributed by atoms with Crippen molar-refractivity contribution in [1.29, 1.82) is 0 Å². The molecule has 3 aromatic rings. The molecule has 3 N–H and O–H groups in total. The number of nitrogens with one attached hydrogen (secondary N) is 2. The largest absolute Gasteiger partial charge is 0.508 e. The molecule has 0 saturated carbocycles. The van der Waals surface area contributed by atoms with Gasteiger partial charge in [-0.3, -0.25) is 4.79 Å². The van der Waals surface area contributed by atoms with Crippen LogP contribution < -0.4 is 10.9 Å². The van der Waals surface area contributed by atoms with Crippen LogP contribution in [0.15, 0.2) is 69.8 Å². The number of halogens is 1. The zero-order valence-electron chi connectivity index (χ0n) is 18.9. The van der Waals surface area contributed by atoms with E-state index in [1.807, 2.05) is 0 Å². The molecule has 7 nitrogen and oxygen atoms in total. The second-order valence-corrected chi connectivity index (χ2v) is 9.12. The summed E-state index contributed by atoms with van der Waals surface area (Å²) < 4.78 is 19.4. The highest BCUT2D eigenvalue weighted by Crippen LogP contribution is 2.40. The quantitative estimate of drug-likeness (QED) is 0.267. The van der Waals surface area contributed by atoms with E-state index in [0.717, 1.165) is 0 Å². The number of rotatable bonds is 6. The van der Waals surface area contributed by atoms with Crippen LogP contribution in [-0.2, 0) is 15.3 Å². The van der Waals surface area contributed by atoms with Gasteiger partial charge in [0.15, 0.2) is 5.16 Å². The van der Waals surface area contributed by atoms with Crippen LogP contribution in [0.3, 0.4) is 0 Å². The van der Waals surface area contributed by atoms with Crippen molar-refractivity contribution in [1.82, 2.24) is 9.97 Å². The summed E-state index contributed by atoms with van der Waals surface area (Å²) >= 11 is 1.20. The van der Waals surface area contributed by atoms with Crippen molar-refractivity contribution >= 4 is 23.5 Å². The minimum atomic E-state index is -0.745. The zero-order chi connectivity index (χ0) is 24.4. The van der Waals surface area contributed by atoms with Gasteiger partial charge in [0.1, 0.15) is 17.4 Å². The zero-order valence-corrected chi connectivity index (χ0v) is 19.7. The average molecular weight is 482 g/mol. The summed E-state index contributed by atoms with van der Waals surface area (Å²) in [5.74, 6) is -0.941. The fraction of sp³-hybridized carbons (Fsp3) is 0.240. The summed E-state index contributed by atoms with van der Waals surface area (Å²) in [6, 6.07) is 12.7. The van der Waals surface area contributed by atoms with Crippen molar-refractivity contribution in [2.24, 2.45) is 0 Å². The monoisotopic (exact) mass is 481 g/mol. The number of H-pyrrole nitrogens is 1. The summed E-state index contributed by atoms with van der Waals surface area (Å²) in [5.41, 5.74) is 1.79. The van der Waals surface area contributed by atoms with Crippen LogP contribution >= 0.6 is 11.8 Å². The van der Waals surface area contributed by atoms with Crippen LogP contribution in [0.1, 0.15) is 43.4 Å². The third-order valence-corrected chi connectivity index (χ3v) is 6.25. The molecule has 4 rings (SSSR count). The number of aromatic nitrogens is 2. The topological polar surface area (TPSA) is 104 Å². The average Bonchev–Trinajstić information content (AvgIpc) is 2.77. The van der Waals surface area contributed by atoms with Gasteiger partial charge < -0.3 is 20.1 Å². The van der Waals surface area contributed by atoms with E-state index in [9.17, 15) is 19.1 Å². The fourth-order valence-corrected chi connectivity index (χ4v) is 4.66. The number of esters is 1. The van der Waals surface area contributed by atoms with Gasteiger partial charge in [-0.25, -0.2) is 14.2 Å². The maximum atomic E-state index is 14.0. The lowest BCUT2D eigenvalue weighted by molar-refractivity contribution is -0.143. The van der Waals surface area contributed by atoms with E-state index in [2.05, 4.69) is 15.3 Å². The molecule has 2 aromatic carbocycles. The summed E-state index contributed by atoms with van der Waals surface area (Å²) in [6.07, 6.45) is -0.344. The summed E-state index contributed by atoms with van der Waals surface area (Å²) in [6.45, 7) is 5.23. The maximum Gasteiger partial charge on any atom is 0.337 e. The molecule has 0 amide bonds. The van der Waals surface area contributed by atoms with Crippen molar-refractivity contribution in [3.05, 3.63) is 92.7 Å². The van der Waals surface area contributed by atoms with Gasteiger partial charge in [0.25, 0.3) is 5.56 Å². The maximum absolute atomic E-state index is 14.0. The third kappa shape index (κ3) is 4.84. The van der Waals surface area contributed by atoms with Crippen LogP contribution in [0.2, 0.25) is 0 Å². The first kappa shape index (κ1) is 23.6. The molecule has 0 saturated heterocycles. The standard InChI is InChI=1S/C25H24FN3O4S/c1-13(2)33-24(32)19-14(3)27-22-21(20(19)15-8-10-17(30)11-9-15)23(31)29-25(28-22)34-12-16-6-4-5-7-18(16)26/h4-11,13,20,30H,12H2,1-3H3,(H2,27,28,29,31). The molecule has 1 unspecified atom stereocenters. The van der Waals surface area contributed by atoms with Gasteiger partial charge in [-0.1, -0.05) is 42.1 Å². The fourth-order valence-electron chi connectivity index (χ4n) is 3.81. The van der Waals surface area contributed by atoms with E-state index in [4.69, 9.17) is 4.74 Å². The number of ether oxygens (including phenoxy) is 1. The Kier molecular flexibility index (Phi) is 6.74. The van der Waals surface area contributed by atoms with Crippen LogP contribution in [0, 0.1) is 5.82 Å². The number of phenolic OH excluding ortho intramolecular Hbond substituents is 1. The number of hydrogen-bond acceptors (Lipinski definition) is 7. The van der Waals surface area contributed by atoms with E-state index in [1.165, 1.54) is 30.0 Å². The lowest BCUT2D eigenvalue weighted by atomic mass is 9.82. The first-order chi connectivity index (χ1) is 16.2. The van der Waals surface area contributed by atoms with Gasteiger partial charge in [0, 0.05) is 11.4 Å². The van der Waals surface area contributed by atoms with E-state index < -0.39 is 17.4 Å². The third-order valence-electron chi connectivity index (χ3n) is 5.33. The van der Waals surface area contributed by atoms with Crippen molar-refractivity contribution in [3.63, 3.8) is 0 Å². The van der Waals surface area contributed by atoms with Gasteiger partial charge in [0.2, 0.25) is 0 Å². The number of anilines is 1. The van der Waals surface area contributed by atoms with Crippen molar-refractivity contribution < 1.29 is 19.0 Å². The Hall–Kier alpha value is -3.59. The minimum absolute atomic E-state index is 0.0665. The van der Waals surface area contributed by atoms with Gasteiger partial charge in [-0.15, -0.1) is 0 Å². The van der Waals surface area contributed by atoms with Crippen LogP contribution in [0.25, 0.3) is 0 Å². The molecule has 0 spiro atoms. The summed E-state index contributed by atoms with van der Waals surface area (Å²) in [7, 11) is 0. The van der Waals surface area contributed by atoms with Crippen molar-refractivity contribution in [2.75, 3.05) is 5.32 Å². The molecule has 0 radical (unpaired) electrons. The molecular weight excluding hydrogens is 457 g/mol. The second kappa shape index (κ2) is 9.72. The van der Waals surface area contributed by atoms with E-state index in [0.29, 0.717) is 33.4 Å². The number of phenols is 1. The number of aromatic hydroxyl groups is 1. The molecule has 1 aromatic heterocycles. The highest BCUT2D eigenvalue weighted by atomic mass is 32.2. The lowest BCUT2D eigenvalue weighted by Crippen LogP contribution is -2.31. The molecule has 0 bridgehead atoms. The molecule has 34 heavy (non-hydrogen) atoms. The Morgan fingerprint density at radius 1 is 1.21 bits per heavy atom. The Morgan fingerprint density at radius 2 is 1.91 bits per heavy atom. The van der Waals surface area contributed by atoms with Gasteiger partial charge in [-0.2, -0.15) is 0 Å².